The van der Waals surface area contributed by atoms with Crippen LogP contribution in [0.5, 0.6) is 0 Å². The van der Waals surface area contributed by atoms with Crippen molar-refractivity contribution in [1.82, 2.24) is 14.8 Å². The molecule has 5 nitrogen and oxygen atoms in total. The maximum Gasteiger partial charge on any atom is 0.256 e. The largest absolute Gasteiger partial charge is 0.306 e. The van der Waals surface area contributed by atoms with E-state index in [2.05, 4.69) is 47.2 Å². The predicted molar refractivity (Wildman–Crippen MR) is 110 cm³/mol. The van der Waals surface area contributed by atoms with Gasteiger partial charge in [0.05, 0.1) is 0 Å². The molecular weight excluding hydrogens is 336 g/mol. The van der Waals surface area contributed by atoms with Gasteiger partial charge in [0.15, 0.2) is 0 Å². The first-order valence-corrected chi connectivity index (χ1v) is 9.54. The fourth-order valence-electron chi connectivity index (χ4n) is 4.03. The Morgan fingerprint density at radius 3 is 2.85 bits per heavy atom. The van der Waals surface area contributed by atoms with Gasteiger partial charge in [-0.25, -0.2) is 4.98 Å². The summed E-state index contributed by atoms with van der Waals surface area (Å²) in [5, 5.41) is 2.91. The highest BCUT2D eigenvalue weighted by Crippen LogP contribution is 2.30. The summed E-state index contributed by atoms with van der Waals surface area (Å²) < 4.78 is 0. The molecular formula is C22H30N4O. The molecule has 1 aliphatic rings. The SMILES string of the molecule is Cc1cccnc1NC(=O)c1cccc(CN(C)C[C@]2(C)CCN(C)C2)c1. The highest BCUT2D eigenvalue weighted by Gasteiger charge is 2.32. The number of amides is 1. The summed E-state index contributed by atoms with van der Waals surface area (Å²) in [5.41, 5.74) is 3.11. The molecule has 0 unspecified atom stereocenters. The number of hydrogen-bond acceptors (Lipinski definition) is 4. The van der Waals surface area contributed by atoms with Crippen LogP contribution in [-0.4, -0.2) is 54.4 Å². The Balaban J connectivity index is 1.63. The van der Waals surface area contributed by atoms with E-state index in [4.69, 9.17) is 0 Å². The van der Waals surface area contributed by atoms with Gasteiger partial charge in [0.1, 0.15) is 5.82 Å². The van der Waals surface area contributed by atoms with Gasteiger partial charge in [0.25, 0.3) is 5.91 Å². The molecule has 0 aliphatic carbocycles. The molecule has 1 aliphatic heterocycles. The lowest BCUT2D eigenvalue weighted by Crippen LogP contribution is -2.35. The minimum atomic E-state index is -0.120. The van der Waals surface area contributed by atoms with Gasteiger partial charge in [-0.3, -0.25) is 4.79 Å². The summed E-state index contributed by atoms with van der Waals surface area (Å²) in [4.78, 5) is 21.6. The van der Waals surface area contributed by atoms with Gasteiger partial charge in [-0.1, -0.05) is 25.1 Å². The summed E-state index contributed by atoms with van der Waals surface area (Å²) in [6.45, 7) is 8.52. The molecule has 1 fully saturated rings. The molecule has 0 bridgehead atoms. The van der Waals surface area contributed by atoms with Crippen molar-refractivity contribution in [2.24, 2.45) is 5.41 Å². The van der Waals surface area contributed by atoms with E-state index in [9.17, 15) is 4.79 Å². The topological polar surface area (TPSA) is 48.5 Å². The zero-order chi connectivity index (χ0) is 19.4. The molecule has 144 valence electrons. The maximum atomic E-state index is 12.6. The molecule has 1 aromatic heterocycles. The van der Waals surface area contributed by atoms with Gasteiger partial charge < -0.3 is 15.1 Å². The molecule has 1 amide bonds. The second kappa shape index (κ2) is 8.19. The lowest BCUT2D eigenvalue weighted by molar-refractivity contribution is 0.102. The molecule has 2 aromatic rings. The third kappa shape index (κ3) is 5.15. The lowest BCUT2D eigenvalue weighted by Gasteiger charge is -2.30. The Kier molecular flexibility index (Phi) is 5.92. The monoisotopic (exact) mass is 366 g/mol. The molecule has 0 radical (unpaired) electrons. The first kappa shape index (κ1) is 19.5. The average Bonchev–Trinajstić information content (AvgIpc) is 2.95. The Morgan fingerprint density at radius 2 is 2.15 bits per heavy atom. The van der Waals surface area contributed by atoms with Gasteiger partial charge in [-0.2, -0.15) is 0 Å². The Labute approximate surface area is 162 Å². The molecule has 1 aromatic carbocycles. The van der Waals surface area contributed by atoms with E-state index in [1.165, 1.54) is 13.0 Å². The maximum absolute atomic E-state index is 12.6. The zero-order valence-corrected chi connectivity index (χ0v) is 16.8. The molecule has 0 spiro atoms. The number of carbonyl (C=O) groups is 1. The predicted octanol–water partition coefficient (Wildman–Crippen LogP) is 3.42. The van der Waals surface area contributed by atoms with Crippen LogP contribution >= 0.6 is 0 Å². The van der Waals surface area contributed by atoms with Crippen LogP contribution in [0.2, 0.25) is 0 Å². The molecule has 2 heterocycles. The summed E-state index contributed by atoms with van der Waals surface area (Å²) in [5.74, 6) is 0.494. The lowest BCUT2D eigenvalue weighted by atomic mass is 9.89. The molecule has 1 atom stereocenters. The molecule has 27 heavy (non-hydrogen) atoms. The van der Waals surface area contributed by atoms with Crippen molar-refractivity contribution >= 4 is 11.7 Å². The van der Waals surface area contributed by atoms with E-state index in [0.29, 0.717) is 16.8 Å². The fourth-order valence-corrected chi connectivity index (χ4v) is 4.03. The molecule has 3 rings (SSSR count). The van der Waals surface area contributed by atoms with Crippen LogP contribution in [0.1, 0.15) is 34.8 Å². The van der Waals surface area contributed by atoms with Gasteiger partial charge in [0.2, 0.25) is 0 Å². The minimum Gasteiger partial charge on any atom is -0.306 e. The second-order valence-electron chi connectivity index (χ2n) is 8.29. The third-order valence-corrected chi connectivity index (χ3v) is 5.28. The van der Waals surface area contributed by atoms with Crippen molar-refractivity contribution in [2.45, 2.75) is 26.8 Å². The van der Waals surface area contributed by atoms with Gasteiger partial charge in [-0.05, 0) is 68.7 Å². The first-order chi connectivity index (χ1) is 12.8. The summed E-state index contributed by atoms with van der Waals surface area (Å²) in [7, 11) is 4.35. The standard InChI is InChI=1S/C22H30N4O/c1-17-7-6-11-23-20(17)24-21(27)19-9-5-8-18(13-19)14-26(4)16-22(2)10-12-25(3)15-22/h5-9,11,13H,10,12,14-16H2,1-4H3,(H,23,24,27)/t22-/m1/s1. The normalized spacial score (nSPS) is 20.2. The van der Waals surface area contributed by atoms with Crippen LogP contribution < -0.4 is 5.32 Å². The third-order valence-electron chi connectivity index (χ3n) is 5.28. The number of benzene rings is 1. The van der Waals surface area contributed by atoms with Gasteiger partial charge in [0, 0.05) is 31.4 Å². The zero-order valence-electron chi connectivity index (χ0n) is 16.8. The number of hydrogen-bond donors (Lipinski definition) is 1. The van der Waals surface area contributed by atoms with Gasteiger partial charge in [-0.15, -0.1) is 0 Å². The van der Waals surface area contributed by atoms with Crippen LogP contribution in [0.4, 0.5) is 5.82 Å². The minimum absolute atomic E-state index is 0.120. The van der Waals surface area contributed by atoms with Crippen molar-refractivity contribution in [2.75, 3.05) is 39.0 Å². The van der Waals surface area contributed by atoms with Gasteiger partial charge >= 0.3 is 0 Å². The summed E-state index contributed by atoms with van der Waals surface area (Å²) >= 11 is 0. The van der Waals surface area contributed by atoms with Crippen LogP contribution in [0.15, 0.2) is 42.6 Å². The van der Waals surface area contributed by atoms with Crippen LogP contribution in [0.25, 0.3) is 0 Å². The number of nitrogens with one attached hydrogen (secondary N) is 1. The van der Waals surface area contributed by atoms with Crippen molar-refractivity contribution < 1.29 is 4.79 Å². The number of carbonyl (C=O) groups excluding carboxylic acids is 1. The van der Waals surface area contributed by atoms with Crippen molar-refractivity contribution in [3.8, 4) is 0 Å². The van der Waals surface area contributed by atoms with E-state index < -0.39 is 0 Å². The highest BCUT2D eigenvalue weighted by molar-refractivity contribution is 6.04. The summed E-state index contributed by atoms with van der Waals surface area (Å²) in [6, 6.07) is 11.7. The number of rotatable bonds is 6. The van der Waals surface area contributed by atoms with E-state index in [1.807, 2.05) is 37.3 Å². The second-order valence-corrected chi connectivity index (χ2v) is 8.29. The van der Waals surface area contributed by atoms with Crippen molar-refractivity contribution in [3.63, 3.8) is 0 Å². The molecule has 0 saturated carbocycles. The van der Waals surface area contributed by atoms with Crippen molar-refractivity contribution in [1.29, 1.82) is 0 Å². The number of likely N-dealkylation sites (tertiary alicyclic amines) is 1. The smallest absolute Gasteiger partial charge is 0.256 e. The first-order valence-electron chi connectivity index (χ1n) is 9.54. The number of aryl methyl sites for hydroxylation is 1. The van der Waals surface area contributed by atoms with E-state index >= 15 is 0 Å². The van der Waals surface area contributed by atoms with E-state index in [0.717, 1.165) is 30.8 Å². The molecule has 1 saturated heterocycles. The summed E-state index contributed by atoms with van der Waals surface area (Å²) in [6.07, 6.45) is 2.93. The highest BCUT2D eigenvalue weighted by atomic mass is 16.1. The van der Waals surface area contributed by atoms with Crippen LogP contribution in [0, 0.1) is 12.3 Å². The number of nitrogens with zero attached hydrogens (tertiary/aromatic N) is 3. The quantitative estimate of drug-likeness (QED) is 0.851. The Hall–Kier alpha value is -2.24. The van der Waals surface area contributed by atoms with E-state index in [1.54, 1.807) is 6.20 Å². The number of pyridine rings is 1. The fraction of sp³-hybridized carbons (Fsp3) is 0.455. The van der Waals surface area contributed by atoms with Crippen LogP contribution in [0.3, 0.4) is 0 Å². The Morgan fingerprint density at radius 1 is 1.33 bits per heavy atom. The van der Waals surface area contributed by atoms with Crippen LogP contribution in [-0.2, 0) is 6.54 Å². The van der Waals surface area contributed by atoms with E-state index in [-0.39, 0.29) is 5.91 Å². The molecule has 1 N–H and O–H groups in total. The number of aromatic nitrogens is 1. The average molecular weight is 367 g/mol. The molecule has 5 heteroatoms. The van der Waals surface area contributed by atoms with Crippen molar-refractivity contribution in [3.05, 3.63) is 59.3 Å². The Bertz CT molecular complexity index is 806. The number of anilines is 1.